The first-order chi connectivity index (χ1) is 9.84. The van der Waals surface area contributed by atoms with E-state index in [1.165, 1.54) is 0 Å². The zero-order valence-electron chi connectivity index (χ0n) is 13.5. The Labute approximate surface area is 129 Å². The third-order valence-electron chi connectivity index (χ3n) is 3.69. The van der Waals surface area contributed by atoms with Gasteiger partial charge in [-0.15, -0.1) is 0 Å². The minimum Gasteiger partial charge on any atom is -0.313 e. The molecule has 0 aliphatic rings. The van der Waals surface area contributed by atoms with Gasteiger partial charge in [-0.3, -0.25) is 0 Å². The van der Waals surface area contributed by atoms with Crippen molar-refractivity contribution in [3.8, 4) is 0 Å². The van der Waals surface area contributed by atoms with Crippen molar-refractivity contribution < 1.29 is 8.42 Å². The molecule has 1 atom stereocenters. The molecule has 0 amide bonds. The molecule has 0 saturated carbocycles. The number of rotatable bonds is 9. The Bertz CT molecular complexity index is 527. The van der Waals surface area contributed by atoms with Crippen molar-refractivity contribution in [1.82, 2.24) is 10.0 Å². The zero-order chi connectivity index (χ0) is 15.9. The summed E-state index contributed by atoms with van der Waals surface area (Å²) in [7, 11) is -3.27. The van der Waals surface area contributed by atoms with Crippen molar-refractivity contribution in [1.29, 1.82) is 0 Å². The van der Waals surface area contributed by atoms with Gasteiger partial charge < -0.3 is 5.32 Å². The molecule has 120 valence electrons. The monoisotopic (exact) mass is 312 g/mol. The van der Waals surface area contributed by atoms with Crippen LogP contribution < -0.4 is 10.0 Å². The van der Waals surface area contributed by atoms with Crippen LogP contribution in [-0.2, 0) is 22.3 Å². The van der Waals surface area contributed by atoms with E-state index in [2.05, 4.69) is 30.8 Å². The molecule has 21 heavy (non-hydrogen) atoms. The Morgan fingerprint density at radius 3 is 2.43 bits per heavy atom. The Morgan fingerprint density at radius 1 is 1.14 bits per heavy atom. The van der Waals surface area contributed by atoms with E-state index >= 15 is 0 Å². The van der Waals surface area contributed by atoms with E-state index < -0.39 is 10.0 Å². The fourth-order valence-corrected chi connectivity index (χ4v) is 3.10. The summed E-state index contributed by atoms with van der Waals surface area (Å²) in [6.45, 7) is 10.5. The standard InChI is InChI=1S/C16H28N2O2S/c1-5-17-11-15-7-6-8-16(9-15)12-21(19,20)18-10-14(4)13(2)3/h6-9,13-14,17-18H,5,10-12H2,1-4H3. The molecule has 0 aliphatic carbocycles. The van der Waals surface area contributed by atoms with Crippen molar-refractivity contribution in [3.05, 3.63) is 35.4 Å². The van der Waals surface area contributed by atoms with Crippen molar-refractivity contribution in [3.63, 3.8) is 0 Å². The summed E-state index contributed by atoms with van der Waals surface area (Å²) in [4.78, 5) is 0. The average molecular weight is 312 g/mol. The molecule has 1 aromatic carbocycles. The minimum absolute atomic E-state index is 0.0395. The van der Waals surface area contributed by atoms with E-state index in [-0.39, 0.29) is 5.75 Å². The first-order valence-corrected chi connectivity index (χ1v) is 9.25. The second-order valence-corrected chi connectivity index (χ2v) is 7.74. The number of benzene rings is 1. The maximum absolute atomic E-state index is 12.1. The highest BCUT2D eigenvalue weighted by molar-refractivity contribution is 7.88. The van der Waals surface area contributed by atoms with Crippen LogP contribution in [0.5, 0.6) is 0 Å². The summed E-state index contributed by atoms with van der Waals surface area (Å²) in [6.07, 6.45) is 0. The second-order valence-electron chi connectivity index (χ2n) is 5.93. The van der Waals surface area contributed by atoms with Crippen LogP contribution >= 0.6 is 0 Å². The van der Waals surface area contributed by atoms with Gasteiger partial charge in [0.05, 0.1) is 5.75 Å². The molecule has 0 aromatic heterocycles. The van der Waals surface area contributed by atoms with Crippen LogP contribution in [-0.4, -0.2) is 21.5 Å². The molecule has 1 aromatic rings. The molecule has 0 fully saturated rings. The molecule has 5 heteroatoms. The quantitative estimate of drug-likeness (QED) is 0.736. The predicted molar refractivity (Wildman–Crippen MR) is 88.5 cm³/mol. The van der Waals surface area contributed by atoms with Gasteiger partial charge in [0.1, 0.15) is 0 Å². The van der Waals surface area contributed by atoms with E-state index in [1.54, 1.807) is 0 Å². The number of hydrogen-bond donors (Lipinski definition) is 2. The molecule has 0 aliphatic heterocycles. The molecule has 4 nitrogen and oxygen atoms in total. The lowest BCUT2D eigenvalue weighted by molar-refractivity contribution is 0.414. The fraction of sp³-hybridized carbons (Fsp3) is 0.625. The van der Waals surface area contributed by atoms with Crippen LogP contribution in [0.3, 0.4) is 0 Å². The van der Waals surface area contributed by atoms with E-state index in [0.29, 0.717) is 18.4 Å². The van der Waals surface area contributed by atoms with Gasteiger partial charge in [-0.25, -0.2) is 13.1 Å². The Hall–Kier alpha value is -0.910. The van der Waals surface area contributed by atoms with E-state index in [0.717, 1.165) is 24.2 Å². The third-order valence-corrected chi connectivity index (χ3v) is 5.01. The molecule has 0 bridgehead atoms. The Morgan fingerprint density at radius 2 is 1.81 bits per heavy atom. The molecule has 1 rings (SSSR count). The van der Waals surface area contributed by atoms with Gasteiger partial charge in [-0.1, -0.05) is 52.0 Å². The summed E-state index contributed by atoms with van der Waals surface area (Å²) < 4.78 is 27.0. The number of sulfonamides is 1. The second kappa shape index (κ2) is 8.51. The third kappa shape index (κ3) is 7.07. The maximum atomic E-state index is 12.1. The van der Waals surface area contributed by atoms with E-state index in [9.17, 15) is 8.42 Å². The summed E-state index contributed by atoms with van der Waals surface area (Å²) >= 11 is 0. The lowest BCUT2D eigenvalue weighted by atomic mass is 9.99. The van der Waals surface area contributed by atoms with Gasteiger partial charge in [0.15, 0.2) is 0 Å². The highest BCUT2D eigenvalue weighted by Crippen LogP contribution is 2.11. The van der Waals surface area contributed by atoms with Gasteiger partial charge >= 0.3 is 0 Å². The van der Waals surface area contributed by atoms with Crippen molar-refractivity contribution in [2.24, 2.45) is 11.8 Å². The van der Waals surface area contributed by atoms with Crippen LogP contribution in [0.15, 0.2) is 24.3 Å². The van der Waals surface area contributed by atoms with Gasteiger partial charge in [0.2, 0.25) is 10.0 Å². The topological polar surface area (TPSA) is 58.2 Å². The van der Waals surface area contributed by atoms with Crippen molar-refractivity contribution in [2.75, 3.05) is 13.1 Å². The van der Waals surface area contributed by atoms with Crippen molar-refractivity contribution >= 4 is 10.0 Å². The van der Waals surface area contributed by atoms with Crippen molar-refractivity contribution in [2.45, 2.75) is 40.0 Å². The van der Waals surface area contributed by atoms with Gasteiger partial charge in [0, 0.05) is 13.1 Å². The predicted octanol–water partition coefficient (Wildman–Crippen LogP) is 2.51. The fourth-order valence-electron chi connectivity index (χ4n) is 1.86. The Kier molecular flexibility index (Phi) is 7.35. The van der Waals surface area contributed by atoms with Crippen LogP contribution in [0.4, 0.5) is 0 Å². The highest BCUT2D eigenvalue weighted by Gasteiger charge is 2.15. The Balaban J connectivity index is 2.62. The van der Waals surface area contributed by atoms with Crippen LogP contribution in [0.1, 0.15) is 38.8 Å². The van der Waals surface area contributed by atoms with Crippen LogP contribution in [0, 0.1) is 11.8 Å². The number of nitrogens with one attached hydrogen (secondary N) is 2. The molecule has 2 N–H and O–H groups in total. The molecular weight excluding hydrogens is 284 g/mol. The van der Waals surface area contributed by atoms with Crippen LogP contribution in [0.25, 0.3) is 0 Å². The lowest BCUT2D eigenvalue weighted by Crippen LogP contribution is -2.31. The van der Waals surface area contributed by atoms with E-state index in [4.69, 9.17) is 0 Å². The summed E-state index contributed by atoms with van der Waals surface area (Å²) in [5.41, 5.74) is 1.94. The summed E-state index contributed by atoms with van der Waals surface area (Å²) in [5.74, 6) is 0.841. The molecule has 0 saturated heterocycles. The highest BCUT2D eigenvalue weighted by atomic mass is 32.2. The smallest absolute Gasteiger partial charge is 0.215 e. The molecule has 0 spiro atoms. The summed E-state index contributed by atoms with van der Waals surface area (Å²) in [6, 6.07) is 7.73. The maximum Gasteiger partial charge on any atom is 0.215 e. The lowest BCUT2D eigenvalue weighted by Gasteiger charge is -2.16. The molecular formula is C16H28N2O2S. The minimum atomic E-state index is -3.27. The summed E-state index contributed by atoms with van der Waals surface area (Å²) in [5, 5.41) is 3.24. The first-order valence-electron chi connectivity index (χ1n) is 7.60. The van der Waals surface area contributed by atoms with E-state index in [1.807, 2.05) is 31.2 Å². The zero-order valence-corrected chi connectivity index (χ0v) is 14.3. The van der Waals surface area contributed by atoms with Crippen LogP contribution in [0.2, 0.25) is 0 Å². The average Bonchev–Trinajstić information content (AvgIpc) is 2.42. The number of hydrogen-bond acceptors (Lipinski definition) is 3. The van der Waals surface area contributed by atoms with Gasteiger partial charge in [-0.05, 0) is 29.5 Å². The SMILES string of the molecule is CCNCc1cccc(CS(=O)(=O)NCC(C)C(C)C)c1. The van der Waals surface area contributed by atoms with Gasteiger partial charge in [0.25, 0.3) is 0 Å². The molecule has 1 unspecified atom stereocenters. The first kappa shape index (κ1) is 18.1. The molecule has 0 heterocycles. The normalized spacial score (nSPS) is 13.6. The largest absolute Gasteiger partial charge is 0.313 e. The van der Waals surface area contributed by atoms with Gasteiger partial charge in [-0.2, -0.15) is 0 Å². The molecule has 0 radical (unpaired) electrons.